The summed E-state index contributed by atoms with van der Waals surface area (Å²) in [5.41, 5.74) is 3.71. The van der Waals surface area contributed by atoms with E-state index >= 15 is 0 Å². The Labute approximate surface area is 249 Å². The van der Waals surface area contributed by atoms with Gasteiger partial charge in [-0.05, 0) is 69.6 Å². The maximum absolute atomic E-state index is 13.9. The zero-order valence-electron chi connectivity index (χ0n) is 25.0. The highest BCUT2D eigenvalue weighted by atomic mass is 19.4. The lowest BCUT2D eigenvalue weighted by Crippen LogP contribution is -2.50. The maximum Gasteiger partial charge on any atom is 0.416 e. The predicted molar refractivity (Wildman–Crippen MR) is 162 cm³/mol. The molecule has 0 aliphatic carbocycles. The summed E-state index contributed by atoms with van der Waals surface area (Å²) in [5, 5.41) is 8.00. The predicted octanol–water partition coefficient (Wildman–Crippen LogP) is 6.17. The Morgan fingerprint density at radius 2 is 1.84 bits per heavy atom. The van der Waals surface area contributed by atoms with Crippen LogP contribution < -0.4 is 10.2 Å². The molecule has 1 saturated heterocycles. The van der Waals surface area contributed by atoms with Gasteiger partial charge in [-0.15, -0.1) is 0 Å². The van der Waals surface area contributed by atoms with Crippen LogP contribution in [-0.2, 0) is 19.0 Å². The number of carbonyl (C=O) groups excluding carboxylic acids is 1. The van der Waals surface area contributed by atoms with E-state index < -0.39 is 11.7 Å². The lowest BCUT2D eigenvalue weighted by molar-refractivity contribution is -0.137. The van der Waals surface area contributed by atoms with Crippen molar-refractivity contribution in [2.24, 2.45) is 0 Å². The fourth-order valence-electron chi connectivity index (χ4n) is 5.42. The molecule has 0 bridgehead atoms. The Bertz CT molecular complexity index is 1630. The molecule has 3 heterocycles. The molecule has 1 aliphatic heterocycles. The average molecular weight is 592 g/mol. The number of anilines is 3. The third kappa shape index (κ3) is 6.88. The standard InChI is InChI=1S/C32H36F3N7O/c1-6-26-17-30(37-19-36-26)42-31(11-21(3)39-42)38-28-12-23(8-7-20(28)2)13-29(43)24-14-25(32(33,34)35)16-27(15-24)41-10-9-40(5)18-22(41)4/h7-8,11-12,14-17,19,22,38H,6,9-10,13,18H2,1-5H3/t22-/m1/s1. The minimum atomic E-state index is -4.57. The van der Waals surface area contributed by atoms with Gasteiger partial charge in [-0.1, -0.05) is 19.1 Å². The highest BCUT2D eigenvalue weighted by Crippen LogP contribution is 2.34. The Kier molecular flexibility index (Phi) is 8.55. The molecule has 1 fully saturated rings. The molecule has 2 aromatic carbocycles. The van der Waals surface area contributed by atoms with E-state index in [1.54, 1.807) is 10.7 Å². The molecule has 4 aromatic rings. The Morgan fingerprint density at radius 3 is 2.56 bits per heavy atom. The van der Waals surface area contributed by atoms with Gasteiger partial charge in [-0.3, -0.25) is 4.79 Å². The van der Waals surface area contributed by atoms with Crippen molar-refractivity contribution in [1.82, 2.24) is 24.6 Å². The first kappa shape index (κ1) is 30.2. The zero-order chi connectivity index (χ0) is 30.9. The third-order valence-corrected chi connectivity index (χ3v) is 7.78. The van der Waals surface area contributed by atoms with Crippen molar-refractivity contribution in [3.63, 3.8) is 0 Å². The molecule has 0 saturated carbocycles. The molecule has 1 aliphatic rings. The number of halogens is 3. The lowest BCUT2D eigenvalue weighted by atomic mass is 9.98. The van der Waals surface area contributed by atoms with Gasteiger partial charge < -0.3 is 15.1 Å². The number of carbonyl (C=O) groups is 1. The molecule has 43 heavy (non-hydrogen) atoms. The van der Waals surface area contributed by atoms with Gasteiger partial charge in [0.05, 0.1) is 11.3 Å². The molecule has 226 valence electrons. The summed E-state index contributed by atoms with van der Waals surface area (Å²) in [4.78, 5) is 26.2. The summed E-state index contributed by atoms with van der Waals surface area (Å²) in [6.07, 6.45) is -2.34. The van der Waals surface area contributed by atoms with Crippen LogP contribution in [0.15, 0.2) is 54.9 Å². The lowest BCUT2D eigenvalue weighted by Gasteiger charge is -2.40. The Morgan fingerprint density at radius 1 is 1.05 bits per heavy atom. The molecule has 0 unspecified atom stereocenters. The molecular formula is C32H36F3N7O. The van der Waals surface area contributed by atoms with Crippen molar-refractivity contribution in [3.05, 3.63) is 88.5 Å². The first-order valence-corrected chi connectivity index (χ1v) is 14.4. The van der Waals surface area contributed by atoms with Crippen molar-refractivity contribution in [1.29, 1.82) is 0 Å². The molecule has 0 amide bonds. The smallest absolute Gasteiger partial charge is 0.366 e. The molecular weight excluding hydrogens is 555 g/mol. The molecule has 1 N–H and O–H groups in total. The first-order valence-electron chi connectivity index (χ1n) is 14.4. The van der Waals surface area contributed by atoms with Gasteiger partial charge in [-0.2, -0.15) is 23.0 Å². The monoisotopic (exact) mass is 591 g/mol. The van der Waals surface area contributed by atoms with E-state index in [1.807, 2.05) is 70.0 Å². The van der Waals surface area contributed by atoms with Crippen LogP contribution in [0.5, 0.6) is 0 Å². The van der Waals surface area contributed by atoms with Crippen LogP contribution in [0.4, 0.5) is 30.4 Å². The fourth-order valence-corrected chi connectivity index (χ4v) is 5.42. The normalized spacial score (nSPS) is 16.0. The highest BCUT2D eigenvalue weighted by molar-refractivity contribution is 5.98. The second-order valence-corrected chi connectivity index (χ2v) is 11.2. The molecule has 2 aromatic heterocycles. The Hall–Kier alpha value is -4.25. The number of aryl methyl sites for hydroxylation is 3. The van der Waals surface area contributed by atoms with E-state index in [4.69, 9.17) is 0 Å². The topological polar surface area (TPSA) is 79.2 Å². The molecule has 11 heteroatoms. The second kappa shape index (κ2) is 12.2. The van der Waals surface area contributed by atoms with Crippen molar-refractivity contribution >= 4 is 23.0 Å². The minimum Gasteiger partial charge on any atom is -0.366 e. The number of likely N-dealkylation sites (N-methyl/N-ethyl adjacent to an activating group) is 1. The van der Waals surface area contributed by atoms with E-state index in [-0.39, 0.29) is 23.8 Å². The number of benzene rings is 2. The summed E-state index contributed by atoms with van der Waals surface area (Å²) >= 11 is 0. The number of Topliss-reactive ketones (excluding diaryl/α,β-unsaturated/α-hetero) is 1. The molecule has 0 spiro atoms. The number of alkyl halides is 3. The van der Waals surface area contributed by atoms with Gasteiger partial charge in [0, 0.05) is 66.9 Å². The van der Waals surface area contributed by atoms with E-state index in [9.17, 15) is 18.0 Å². The third-order valence-electron chi connectivity index (χ3n) is 7.78. The number of piperazine rings is 1. The summed E-state index contributed by atoms with van der Waals surface area (Å²) in [6.45, 7) is 9.88. The van der Waals surface area contributed by atoms with Crippen molar-refractivity contribution < 1.29 is 18.0 Å². The van der Waals surface area contributed by atoms with Crippen LogP contribution >= 0.6 is 0 Å². The van der Waals surface area contributed by atoms with Crippen LogP contribution in [0.2, 0.25) is 0 Å². The number of ketones is 1. The van der Waals surface area contributed by atoms with Gasteiger partial charge >= 0.3 is 6.18 Å². The quantitative estimate of drug-likeness (QED) is 0.246. The van der Waals surface area contributed by atoms with Crippen molar-refractivity contribution in [2.75, 3.05) is 36.9 Å². The number of hydrogen-bond donors (Lipinski definition) is 1. The number of aromatic nitrogens is 4. The highest BCUT2D eigenvalue weighted by Gasteiger charge is 2.33. The first-order chi connectivity index (χ1) is 20.4. The zero-order valence-corrected chi connectivity index (χ0v) is 25.0. The second-order valence-electron chi connectivity index (χ2n) is 11.2. The summed E-state index contributed by atoms with van der Waals surface area (Å²) in [5.74, 6) is 0.938. The number of nitrogens with one attached hydrogen (secondary N) is 1. The minimum absolute atomic E-state index is 0.0175. The summed E-state index contributed by atoms with van der Waals surface area (Å²) in [7, 11) is 1.99. The van der Waals surface area contributed by atoms with E-state index in [1.165, 1.54) is 6.33 Å². The SMILES string of the molecule is CCc1cc(-n2nc(C)cc2Nc2cc(CC(=O)c3cc(N4CCN(C)C[C@H]4C)cc(C(F)(F)F)c3)ccc2C)ncn1. The van der Waals surface area contributed by atoms with Gasteiger partial charge in [0.15, 0.2) is 11.6 Å². The van der Waals surface area contributed by atoms with Crippen LogP contribution in [0.25, 0.3) is 5.82 Å². The Balaban J connectivity index is 1.42. The van der Waals surface area contributed by atoms with E-state index in [0.717, 1.165) is 54.3 Å². The molecule has 5 rings (SSSR count). The largest absolute Gasteiger partial charge is 0.416 e. The van der Waals surface area contributed by atoms with E-state index in [0.29, 0.717) is 29.4 Å². The number of rotatable bonds is 8. The molecule has 8 nitrogen and oxygen atoms in total. The van der Waals surface area contributed by atoms with Crippen LogP contribution in [0.3, 0.4) is 0 Å². The van der Waals surface area contributed by atoms with Gasteiger partial charge in [-0.25, -0.2) is 9.97 Å². The number of nitrogens with zero attached hydrogens (tertiary/aromatic N) is 6. The summed E-state index contributed by atoms with van der Waals surface area (Å²) < 4.78 is 43.4. The van der Waals surface area contributed by atoms with Gasteiger partial charge in [0.1, 0.15) is 12.1 Å². The van der Waals surface area contributed by atoms with Crippen molar-refractivity contribution in [3.8, 4) is 5.82 Å². The van der Waals surface area contributed by atoms with Gasteiger partial charge in [0.25, 0.3) is 0 Å². The van der Waals surface area contributed by atoms with Crippen molar-refractivity contribution in [2.45, 2.75) is 52.8 Å². The average Bonchev–Trinajstić information content (AvgIpc) is 3.33. The molecule has 0 radical (unpaired) electrons. The van der Waals surface area contributed by atoms with Crippen LogP contribution in [0.1, 0.15) is 52.3 Å². The fraction of sp³-hybridized carbons (Fsp3) is 0.375. The number of hydrogen-bond acceptors (Lipinski definition) is 7. The van der Waals surface area contributed by atoms with E-state index in [2.05, 4.69) is 25.3 Å². The maximum atomic E-state index is 13.9. The van der Waals surface area contributed by atoms with Crippen LogP contribution in [-0.4, -0.2) is 63.2 Å². The molecule has 1 atom stereocenters. The van der Waals surface area contributed by atoms with Gasteiger partial charge in [0.2, 0.25) is 0 Å². The van der Waals surface area contributed by atoms with Crippen LogP contribution in [0, 0.1) is 13.8 Å². The summed E-state index contributed by atoms with van der Waals surface area (Å²) in [6, 6.07) is 13.1.